The van der Waals surface area contributed by atoms with Crippen molar-refractivity contribution < 1.29 is 18.5 Å². The van der Waals surface area contributed by atoms with Gasteiger partial charge in [0.1, 0.15) is 11.9 Å². The molecule has 0 bridgehead atoms. The molecule has 3 atom stereocenters. The summed E-state index contributed by atoms with van der Waals surface area (Å²) in [5, 5.41) is 11.7. The number of nitrogens with zero attached hydrogens (tertiary/aromatic N) is 1. The van der Waals surface area contributed by atoms with Gasteiger partial charge in [-0.2, -0.15) is 0 Å². The van der Waals surface area contributed by atoms with Crippen LogP contribution in [-0.2, 0) is 15.6 Å². The van der Waals surface area contributed by atoms with Crippen LogP contribution in [0.25, 0.3) is 0 Å². The third-order valence-corrected chi connectivity index (χ3v) is 3.92. The van der Waals surface area contributed by atoms with Crippen LogP contribution in [-0.4, -0.2) is 37.8 Å². The van der Waals surface area contributed by atoms with Crippen LogP contribution in [0, 0.1) is 5.82 Å². The summed E-state index contributed by atoms with van der Waals surface area (Å²) >= 11 is 0. The van der Waals surface area contributed by atoms with Crippen LogP contribution in [0.2, 0.25) is 0 Å². The van der Waals surface area contributed by atoms with Gasteiger partial charge in [0, 0.05) is 22.3 Å². The summed E-state index contributed by atoms with van der Waals surface area (Å²) in [6.45, 7) is 0. The van der Waals surface area contributed by atoms with E-state index in [1.165, 1.54) is 12.1 Å². The van der Waals surface area contributed by atoms with Crippen molar-refractivity contribution in [3.8, 4) is 0 Å². The number of carboxylic acid groups (broad SMARTS) is 1. The molecule has 1 saturated heterocycles. The lowest BCUT2D eigenvalue weighted by molar-refractivity contribution is -0.139. The minimum atomic E-state index is -1.20. The van der Waals surface area contributed by atoms with Gasteiger partial charge < -0.3 is 5.11 Å². The number of nitrogens with one attached hydrogen (secondary N) is 1. The van der Waals surface area contributed by atoms with Gasteiger partial charge in [-0.15, -0.1) is 0 Å². The molecule has 2 heterocycles. The van der Waals surface area contributed by atoms with Gasteiger partial charge in [0.2, 0.25) is 0 Å². The maximum absolute atomic E-state index is 12.7. The van der Waals surface area contributed by atoms with E-state index in [9.17, 15) is 13.4 Å². The van der Waals surface area contributed by atoms with Crippen molar-refractivity contribution in [2.45, 2.75) is 12.1 Å². The van der Waals surface area contributed by atoms with E-state index in [-0.39, 0.29) is 5.75 Å². The van der Waals surface area contributed by atoms with Gasteiger partial charge in [0.05, 0.1) is 17.9 Å². The summed E-state index contributed by atoms with van der Waals surface area (Å²) < 4.78 is 24.2. The van der Waals surface area contributed by atoms with Crippen molar-refractivity contribution in [3.05, 3.63) is 29.8 Å². The first-order valence-electron chi connectivity index (χ1n) is 5.01. The summed E-state index contributed by atoms with van der Waals surface area (Å²) in [4.78, 5) is 14.7. The molecule has 0 aliphatic carbocycles. The molecule has 1 aromatic rings. The molecule has 0 saturated carbocycles. The van der Waals surface area contributed by atoms with Gasteiger partial charge in [0.15, 0.2) is 0 Å². The summed E-state index contributed by atoms with van der Waals surface area (Å²) in [6.07, 6.45) is 1.06. The fraction of sp³-hybridized carbons (Fsp3) is 0.400. The number of hydrogen-bond acceptors (Lipinski definition) is 4. The molecule has 0 amide bonds. The van der Waals surface area contributed by atoms with Gasteiger partial charge in [-0.1, -0.05) is 0 Å². The first-order chi connectivity index (χ1) is 8.06. The molecule has 1 fully saturated rings. The molecule has 92 valence electrons. The van der Waals surface area contributed by atoms with Crippen molar-refractivity contribution in [2.75, 3.05) is 11.5 Å². The topological polar surface area (TPSA) is 79.3 Å². The van der Waals surface area contributed by atoms with E-state index in [0.29, 0.717) is 11.4 Å². The lowest BCUT2D eigenvalue weighted by atomic mass is 10.2. The van der Waals surface area contributed by atoms with Crippen molar-refractivity contribution in [1.82, 2.24) is 10.3 Å². The second kappa shape index (κ2) is 4.89. The number of aromatic nitrogens is 1. The van der Waals surface area contributed by atoms with E-state index in [2.05, 4.69) is 10.3 Å². The molecule has 1 aliphatic rings. The van der Waals surface area contributed by atoms with E-state index in [1.807, 2.05) is 0 Å². The molecule has 5 nitrogen and oxygen atoms in total. The van der Waals surface area contributed by atoms with E-state index in [4.69, 9.17) is 5.11 Å². The zero-order valence-electron chi connectivity index (χ0n) is 8.80. The van der Waals surface area contributed by atoms with Crippen molar-refractivity contribution in [2.24, 2.45) is 0 Å². The summed E-state index contributed by atoms with van der Waals surface area (Å²) in [7, 11) is -1.20. The lowest BCUT2D eigenvalue weighted by Crippen LogP contribution is -2.49. The van der Waals surface area contributed by atoms with Gasteiger partial charge >= 0.3 is 5.97 Å². The Morgan fingerprint density at radius 1 is 1.53 bits per heavy atom. The number of rotatable bonds is 2. The number of halogens is 1. The van der Waals surface area contributed by atoms with Gasteiger partial charge in [-0.25, -0.2) is 4.39 Å². The Balaban J connectivity index is 2.18. The van der Waals surface area contributed by atoms with Crippen LogP contribution in [0.15, 0.2) is 18.3 Å². The Morgan fingerprint density at radius 2 is 2.29 bits per heavy atom. The summed E-state index contributed by atoms with van der Waals surface area (Å²) in [6, 6.07) is 1.46. The number of aliphatic carboxylic acids is 1. The van der Waals surface area contributed by atoms with Crippen LogP contribution >= 0.6 is 0 Å². The number of hydrogen-bond donors (Lipinski definition) is 2. The molecule has 17 heavy (non-hydrogen) atoms. The first kappa shape index (κ1) is 12.1. The highest BCUT2D eigenvalue weighted by Gasteiger charge is 2.31. The second-order valence-electron chi connectivity index (χ2n) is 3.78. The number of pyridine rings is 1. The van der Waals surface area contributed by atoms with Crippen LogP contribution in [0.5, 0.6) is 0 Å². The van der Waals surface area contributed by atoms with Crippen molar-refractivity contribution >= 4 is 16.8 Å². The molecule has 0 spiro atoms. The summed E-state index contributed by atoms with van der Waals surface area (Å²) in [5.74, 6) is -1.11. The molecule has 3 unspecified atom stereocenters. The highest BCUT2D eigenvalue weighted by molar-refractivity contribution is 7.85. The average molecular weight is 258 g/mol. The molecule has 1 aromatic heterocycles. The SMILES string of the molecule is O=C(O)C1CS(=O)CC(c2ccc(F)cn2)N1. The van der Waals surface area contributed by atoms with E-state index in [0.717, 1.165) is 6.20 Å². The number of carboxylic acids is 1. The van der Waals surface area contributed by atoms with Crippen molar-refractivity contribution in [1.29, 1.82) is 0 Å². The standard InChI is InChI=1S/C10H11FN2O3S/c11-6-1-2-7(12-3-6)8-4-17(16)5-9(13-8)10(14)15/h1-3,8-9,13H,4-5H2,(H,14,15). The predicted octanol–water partition coefficient (Wildman–Crippen LogP) is 0.0669. The third kappa shape index (κ3) is 2.86. The Bertz CT molecular complexity index is 451. The monoisotopic (exact) mass is 258 g/mol. The molecular weight excluding hydrogens is 247 g/mol. The van der Waals surface area contributed by atoms with E-state index < -0.39 is 34.7 Å². The molecule has 1 aliphatic heterocycles. The number of carbonyl (C=O) groups is 1. The zero-order chi connectivity index (χ0) is 12.4. The van der Waals surface area contributed by atoms with Gasteiger partial charge in [0.25, 0.3) is 0 Å². The maximum Gasteiger partial charge on any atom is 0.321 e. The van der Waals surface area contributed by atoms with E-state index in [1.54, 1.807) is 0 Å². The lowest BCUT2D eigenvalue weighted by Gasteiger charge is -2.27. The fourth-order valence-corrected chi connectivity index (χ4v) is 3.07. The smallest absolute Gasteiger partial charge is 0.321 e. The Morgan fingerprint density at radius 3 is 2.88 bits per heavy atom. The minimum Gasteiger partial charge on any atom is -0.480 e. The molecular formula is C10H11FN2O3S. The Hall–Kier alpha value is -1.34. The highest BCUT2D eigenvalue weighted by atomic mass is 32.2. The quantitative estimate of drug-likeness (QED) is 0.784. The maximum atomic E-state index is 12.7. The van der Waals surface area contributed by atoms with Crippen LogP contribution in [0.4, 0.5) is 4.39 Å². The predicted molar refractivity (Wildman–Crippen MR) is 59.4 cm³/mol. The van der Waals surface area contributed by atoms with Gasteiger partial charge in [-0.05, 0) is 12.1 Å². The normalized spacial score (nSPS) is 28.9. The Labute approximate surface area is 99.5 Å². The Kier molecular flexibility index (Phi) is 3.49. The molecule has 2 rings (SSSR count). The van der Waals surface area contributed by atoms with Crippen LogP contribution < -0.4 is 5.32 Å². The molecule has 0 radical (unpaired) electrons. The largest absolute Gasteiger partial charge is 0.480 e. The van der Waals surface area contributed by atoms with Crippen LogP contribution in [0.1, 0.15) is 11.7 Å². The van der Waals surface area contributed by atoms with Crippen LogP contribution in [0.3, 0.4) is 0 Å². The fourth-order valence-electron chi connectivity index (χ4n) is 1.69. The summed E-state index contributed by atoms with van der Waals surface area (Å²) in [5.41, 5.74) is 0.505. The molecule has 0 aromatic carbocycles. The second-order valence-corrected chi connectivity index (χ2v) is 5.33. The third-order valence-electron chi connectivity index (χ3n) is 2.51. The van der Waals surface area contributed by atoms with Crippen molar-refractivity contribution in [3.63, 3.8) is 0 Å². The van der Waals surface area contributed by atoms with E-state index >= 15 is 0 Å². The zero-order valence-corrected chi connectivity index (χ0v) is 9.61. The average Bonchev–Trinajstić information content (AvgIpc) is 2.29. The minimum absolute atomic E-state index is 0.0903. The molecule has 7 heteroatoms. The highest BCUT2D eigenvalue weighted by Crippen LogP contribution is 2.17. The van der Waals surface area contributed by atoms with Gasteiger partial charge in [-0.3, -0.25) is 19.3 Å². The first-order valence-corrected chi connectivity index (χ1v) is 6.50. The molecule has 2 N–H and O–H groups in total.